The highest BCUT2D eigenvalue weighted by molar-refractivity contribution is 5.98. The van der Waals surface area contributed by atoms with Crippen molar-refractivity contribution in [3.05, 3.63) is 36.1 Å². The smallest absolute Gasteiger partial charge is 0.316 e. The van der Waals surface area contributed by atoms with Crippen molar-refractivity contribution in [2.75, 3.05) is 0 Å². The molecule has 0 saturated carbocycles. The van der Waals surface area contributed by atoms with E-state index in [4.69, 9.17) is 0 Å². The summed E-state index contributed by atoms with van der Waals surface area (Å²) >= 11 is 0. The fraction of sp³-hybridized carbons (Fsp3) is 0.222. The van der Waals surface area contributed by atoms with Crippen molar-refractivity contribution in [1.29, 1.82) is 0 Å². The summed E-state index contributed by atoms with van der Waals surface area (Å²) in [4.78, 5) is 11.2. The van der Waals surface area contributed by atoms with Crippen LogP contribution in [-0.2, 0) is 4.79 Å². The molecule has 60 valence electrons. The third kappa shape index (κ3) is 1.62. The number of hydrogen-bond acceptors (Lipinski definition) is 2. The Labute approximate surface area is 87.6 Å². The lowest BCUT2D eigenvalue weighted by atomic mass is 9.93. The Bertz CT molecular complexity index is 278. The number of hydrogen-bond donors (Lipinski definition) is 1. The average Bonchev–Trinajstić information content (AvgIpc) is 2.06. The molecule has 1 unspecified atom stereocenters. The molecule has 1 atom stereocenters. The van der Waals surface area contributed by atoms with Crippen molar-refractivity contribution < 1.29 is 4.79 Å². The van der Waals surface area contributed by atoms with Crippen LogP contribution in [0.15, 0.2) is 36.1 Å². The number of dihydropyridines is 1. The molecule has 0 radical (unpaired) electrons. The van der Waals surface area contributed by atoms with Gasteiger partial charge in [0.05, 0.1) is 0 Å². The van der Waals surface area contributed by atoms with E-state index in [-0.39, 0.29) is 34.9 Å². The Morgan fingerprint density at radius 2 is 2.33 bits per heavy atom. The molecule has 12 heavy (non-hydrogen) atoms. The maximum atomic E-state index is 11.2. The van der Waals surface area contributed by atoms with Gasteiger partial charge in [-0.05, 0) is 30.3 Å². The molecule has 2 nitrogen and oxygen atoms in total. The van der Waals surface area contributed by atoms with Crippen LogP contribution in [0.3, 0.4) is 0 Å². The van der Waals surface area contributed by atoms with E-state index in [0.717, 1.165) is 6.42 Å². The number of fused-ring (bicyclic) bond motifs is 1. The van der Waals surface area contributed by atoms with Crippen molar-refractivity contribution >= 4 is 28.8 Å². The van der Waals surface area contributed by atoms with Gasteiger partial charge in [0.1, 0.15) is 6.04 Å². The molecule has 1 heterocycles. The Balaban J connectivity index is 0.000000720. The minimum atomic E-state index is -0.0787. The number of allylic oxidation sites excluding steroid dienone is 3. The second-order valence-electron chi connectivity index (χ2n) is 2.71. The number of carbonyl (C=O) groups excluding carboxylic acids is 1. The first-order chi connectivity index (χ1) is 5.38. The first-order valence-corrected chi connectivity index (χ1v) is 3.70. The molecule has 1 aliphatic carbocycles. The lowest BCUT2D eigenvalue weighted by Gasteiger charge is -2.22. The van der Waals surface area contributed by atoms with Crippen LogP contribution >= 0.6 is 0 Å². The van der Waals surface area contributed by atoms with Crippen LogP contribution in [0.5, 0.6) is 0 Å². The second kappa shape index (κ2) is 3.91. The minimum Gasteiger partial charge on any atom is -0.378 e. The summed E-state index contributed by atoms with van der Waals surface area (Å²) in [5.41, 5.74) is 1.17. The van der Waals surface area contributed by atoms with Gasteiger partial charge >= 0.3 is 23.1 Å². The molecule has 0 spiro atoms. The zero-order valence-corrected chi connectivity index (χ0v) is 6.08. The van der Waals surface area contributed by atoms with Gasteiger partial charge in [0.2, 0.25) is 0 Å². The summed E-state index contributed by atoms with van der Waals surface area (Å²) in [6.45, 7) is 0. The minimum absolute atomic E-state index is 0. The summed E-state index contributed by atoms with van der Waals surface area (Å²) in [6.07, 6.45) is 10.2. The highest BCUT2D eigenvalue weighted by Gasteiger charge is 2.22. The van der Waals surface area contributed by atoms with E-state index in [0.29, 0.717) is 0 Å². The topological polar surface area (TPSA) is 29.1 Å². The van der Waals surface area contributed by atoms with Crippen LogP contribution in [0.2, 0.25) is 0 Å². The van der Waals surface area contributed by atoms with E-state index >= 15 is 0 Å². The SMILES string of the molecule is O=C1C=CCC2=CC=CNC12.[MgH2]. The fourth-order valence-corrected chi connectivity index (χ4v) is 1.38. The predicted molar refractivity (Wildman–Crippen MR) is 51.5 cm³/mol. The van der Waals surface area contributed by atoms with Gasteiger partial charge in [-0.3, -0.25) is 4.79 Å². The molecule has 3 heteroatoms. The number of ketones is 1. The molecule has 0 aromatic carbocycles. The van der Waals surface area contributed by atoms with Crippen LogP contribution in [0.25, 0.3) is 0 Å². The summed E-state index contributed by atoms with van der Waals surface area (Å²) < 4.78 is 0. The van der Waals surface area contributed by atoms with Gasteiger partial charge in [-0.15, -0.1) is 0 Å². The largest absolute Gasteiger partial charge is 0.378 e. The van der Waals surface area contributed by atoms with E-state index in [1.165, 1.54) is 5.57 Å². The molecule has 1 aliphatic heterocycles. The molecule has 0 aromatic rings. The summed E-state index contributed by atoms with van der Waals surface area (Å²) in [7, 11) is 0. The number of carbonyl (C=O) groups is 1. The Kier molecular flexibility index (Phi) is 3.11. The molecule has 0 saturated heterocycles. The second-order valence-corrected chi connectivity index (χ2v) is 2.71. The Hall–Kier alpha value is -0.544. The van der Waals surface area contributed by atoms with Gasteiger partial charge in [0.15, 0.2) is 5.78 Å². The van der Waals surface area contributed by atoms with Crippen molar-refractivity contribution in [2.24, 2.45) is 0 Å². The van der Waals surface area contributed by atoms with Gasteiger partial charge in [0, 0.05) is 0 Å². The average molecular weight is 173 g/mol. The van der Waals surface area contributed by atoms with E-state index in [1.807, 2.05) is 24.4 Å². The Morgan fingerprint density at radius 1 is 1.50 bits per heavy atom. The fourth-order valence-electron chi connectivity index (χ4n) is 1.38. The standard InChI is InChI=1S/C9H9NO.Mg.2H/c11-8-5-1-3-7-4-2-6-10-9(7)8;;;/h1-2,4-6,9-10H,3H2;;;. The van der Waals surface area contributed by atoms with Crippen molar-refractivity contribution in [2.45, 2.75) is 12.5 Å². The van der Waals surface area contributed by atoms with E-state index < -0.39 is 0 Å². The van der Waals surface area contributed by atoms with Crippen molar-refractivity contribution in [3.63, 3.8) is 0 Å². The lowest BCUT2D eigenvalue weighted by Crippen LogP contribution is -2.37. The zero-order valence-electron chi connectivity index (χ0n) is 6.08. The zero-order chi connectivity index (χ0) is 7.68. The van der Waals surface area contributed by atoms with Crippen LogP contribution in [0.4, 0.5) is 0 Å². The van der Waals surface area contributed by atoms with Gasteiger partial charge in [0.25, 0.3) is 0 Å². The van der Waals surface area contributed by atoms with E-state index in [9.17, 15) is 4.79 Å². The molecule has 0 amide bonds. The van der Waals surface area contributed by atoms with Crippen LogP contribution in [-0.4, -0.2) is 34.9 Å². The normalized spacial score (nSPS) is 25.2. The van der Waals surface area contributed by atoms with E-state index in [1.54, 1.807) is 6.08 Å². The van der Waals surface area contributed by atoms with Crippen LogP contribution in [0.1, 0.15) is 6.42 Å². The van der Waals surface area contributed by atoms with Crippen molar-refractivity contribution in [1.82, 2.24) is 5.32 Å². The summed E-state index contributed by atoms with van der Waals surface area (Å²) in [5.74, 6) is 0.159. The molecule has 2 aliphatic rings. The van der Waals surface area contributed by atoms with Gasteiger partial charge < -0.3 is 5.32 Å². The quantitative estimate of drug-likeness (QED) is 0.523. The highest BCUT2D eigenvalue weighted by Crippen LogP contribution is 2.17. The van der Waals surface area contributed by atoms with Gasteiger partial charge in [-0.25, -0.2) is 0 Å². The molecule has 0 fully saturated rings. The molecular formula is C9H11MgNO. The molecule has 0 aromatic heterocycles. The molecule has 1 N–H and O–H groups in total. The molecule has 0 bridgehead atoms. The molecule has 2 rings (SSSR count). The lowest BCUT2D eigenvalue weighted by molar-refractivity contribution is -0.115. The molecular weight excluding hydrogens is 162 g/mol. The van der Waals surface area contributed by atoms with Crippen LogP contribution < -0.4 is 5.32 Å². The predicted octanol–water partition coefficient (Wildman–Crippen LogP) is 0.0111. The van der Waals surface area contributed by atoms with E-state index in [2.05, 4.69) is 5.32 Å². The first kappa shape index (κ1) is 9.54. The van der Waals surface area contributed by atoms with Gasteiger partial charge in [-0.1, -0.05) is 12.2 Å². The first-order valence-electron chi connectivity index (χ1n) is 3.70. The highest BCUT2D eigenvalue weighted by atomic mass is 24.3. The maximum Gasteiger partial charge on any atom is 0.316 e. The summed E-state index contributed by atoms with van der Waals surface area (Å²) in [5, 5.41) is 3.02. The summed E-state index contributed by atoms with van der Waals surface area (Å²) in [6, 6.07) is -0.0787. The van der Waals surface area contributed by atoms with Crippen LogP contribution in [0, 0.1) is 0 Å². The van der Waals surface area contributed by atoms with Gasteiger partial charge in [-0.2, -0.15) is 0 Å². The number of nitrogens with one attached hydrogen (secondary N) is 1. The third-order valence-corrected chi connectivity index (χ3v) is 1.96. The van der Waals surface area contributed by atoms with Crippen molar-refractivity contribution in [3.8, 4) is 0 Å². The monoisotopic (exact) mass is 173 g/mol. The maximum absolute atomic E-state index is 11.2. The third-order valence-electron chi connectivity index (χ3n) is 1.96. The number of rotatable bonds is 0. The Morgan fingerprint density at radius 3 is 3.08 bits per heavy atom.